The molecule has 0 aliphatic rings. The minimum atomic E-state index is -0.332. The van der Waals surface area contributed by atoms with Gasteiger partial charge in [-0.25, -0.2) is 4.79 Å². The first kappa shape index (κ1) is 20.1. The van der Waals surface area contributed by atoms with Crippen LogP contribution in [0.4, 0.5) is 0 Å². The number of ether oxygens (including phenoxy) is 2. The molecule has 1 heterocycles. The summed E-state index contributed by atoms with van der Waals surface area (Å²) in [6.07, 6.45) is 0. The van der Waals surface area contributed by atoms with E-state index in [0.717, 1.165) is 27.9 Å². The first-order valence-electron chi connectivity index (χ1n) is 8.91. The topological polar surface area (TPSA) is 66.2 Å². The van der Waals surface area contributed by atoms with E-state index in [4.69, 9.17) is 9.47 Å². The van der Waals surface area contributed by atoms with E-state index in [-0.39, 0.29) is 5.97 Å². The molecule has 3 aromatic rings. The monoisotopic (exact) mass is 397 g/mol. The maximum absolute atomic E-state index is 11.5. The molecule has 0 fully saturated rings. The fraction of sp³-hybridized carbons (Fsp3) is 0.286. The van der Waals surface area contributed by atoms with Crippen molar-refractivity contribution in [3.05, 3.63) is 65.2 Å². The minimum absolute atomic E-state index is 0.332. The Morgan fingerprint density at radius 3 is 2.57 bits per heavy atom. The number of methoxy groups -OCH3 is 2. The number of aromatic nitrogens is 3. The van der Waals surface area contributed by atoms with Crippen molar-refractivity contribution in [1.29, 1.82) is 0 Å². The van der Waals surface area contributed by atoms with Gasteiger partial charge in [-0.15, -0.1) is 10.2 Å². The molecule has 6 nitrogen and oxygen atoms in total. The third-order valence-electron chi connectivity index (χ3n) is 4.26. The predicted molar refractivity (Wildman–Crippen MR) is 109 cm³/mol. The van der Waals surface area contributed by atoms with E-state index in [1.807, 2.05) is 24.3 Å². The molecule has 0 radical (unpaired) electrons. The molecule has 0 saturated heterocycles. The summed E-state index contributed by atoms with van der Waals surface area (Å²) in [5.41, 5.74) is 3.86. The van der Waals surface area contributed by atoms with Crippen molar-refractivity contribution in [1.82, 2.24) is 14.8 Å². The lowest BCUT2D eigenvalue weighted by molar-refractivity contribution is 0.0600. The number of rotatable bonds is 8. The Bertz CT molecular complexity index is 938. The molecular formula is C21H23N3O3S. The molecule has 1 aromatic heterocycles. The first-order valence-corrected chi connectivity index (χ1v) is 9.90. The molecule has 0 aliphatic heterocycles. The number of esters is 1. The van der Waals surface area contributed by atoms with Gasteiger partial charge in [-0.2, -0.15) is 0 Å². The van der Waals surface area contributed by atoms with Crippen molar-refractivity contribution in [3.8, 4) is 11.4 Å². The number of aryl methyl sites for hydroxylation is 1. The zero-order chi connectivity index (χ0) is 19.9. The Morgan fingerprint density at radius 2 is 1.89 bits per heavy atom. The van der Waals surface area contributed by atoms with Crippen LogP contribution in [0.2, 0.25) is 0 Å². The summed E-state index contributed by atoms with van der Waals surface area (Å²) in [5.74, 6) is 1.23. The minimum Gasteiger partial charge on any atom is -0.465 e. The van der Waals surface area contributed by atoms with Crippen molar-refractivity contribution in [3.63, 3.8) is 0 Å². The highest BCUT2D eigenvalue weighted by molar-refractivity contribution is 7.98. The van der Waals surface area contributed by atoms with Crippen molar-refractivity contribution < 1.29 is 14.3 Å². The Labute approximate surface area is 168 Å². The average Bonchev–Trinajstić information content (AvgIpc) is 3.13. The van der Waals surface area contributed by atoms with Crippen LogP contribution < -0.4 is 0 Å². The smallest absolute Gasteiger partial charge is 0.337 e. The maximum atomic E-state index is 11.5. The van der Waals surface area contributed by atoms with Crippen LogP contribution >= 0.6 is 11.8 Å². The molecule has 0 N–H and O–H groups in total. The van der Waals surface area contributed by atoms with Gasteiger partial charge < -0.3 is 9.47 Å². The lowest BCUT2D eigenvalue weighted by Crippen LogP contribution is -2.07. The second-order valence-corrected chi connectivity index (χ2v) is 7.24. The molecule has 0 unspecified atom stereocenters. The van der Waals surface area contributed by atoms with Gasteiger partial charge >= 0.3 is 5.97 Å². The molecule has 0 atom stereocenters. The van der Waals surface area contributed by atoms with E-state index in [0.29, 0.717) is 18.7 Å². The molecule has 2 aromatic carbocycles. The van der Waals surface area contributed by atoms with Crippen LogP contribution in [0, 0.1) is 6.92 Å². The van der Waals surface area contributed by atoms with Crippen LogP contribution in [0.5, 0.6) is 0 Å². The van der Waals surface area contributed by atoms with Gasteiger partial charge in [0.25, 0.3) is 0 Å². The van der Waals surface area contributed by atoms with E-state index < -0.39 is 0 Å². The molecule has 0 amide bonds. The summed E-state index contributed by atoms with van der Waals surface area (Å²) in [7, 11) is 3.07. The molecule has 0 bridgehead atoms. The predicted octanol–water partition coefficient (Wildman–Crippen LogP) is 3.98. The lowest BCUT2D eigenvalue weighted by atomic mass is 10.1. The second kappa shape index (κ2) is 9.52. The highest BCUT2D eigenvalue weighted by Gasteiger charge is 2.15. The number of hydrogen-bond donors (Lipinski definition) is 0. The Kier molecular flexibility index (Phi) is 6.84. The van der Waals surface area contributed by atoms with E-state index in [9.17, 15) is 4.79 Å². The van der Waals surface area contributed by atoms with Crippen molar-refractivity contribution in [2.45, 2.75) is 24.4 Å². The van der Waals surface area contributed by atoms with Crippen LogP contribution in [0.3, 0.4) is 0 Å². The Hall–Kier alpha value is -2.64. The van der Waals surface area contributed by atoms with Crippen LogP contribution in [0.15, 0.2) is 53.7 Å². The highest BCUT2D eigenvalue weighted by atomic mass is 32.2. The van der Waals surface area contributed by atoms with Gasteiger partial charge in [-0.3, -0.25) is 4.57 Å². The summed E-state index contributed by atoms with van der Waals surface area (Å²) < 4.78 is 12.1. The maximum Gasteiger partial charge on any atom is 0.337 e. The lowest BCUT2D eigenvalue weighted by Gasteiger charge is -2.10. The van der Waals surface area contributed by atoms with Crippen LogP contribution in [0.1, 0.15) is 21.5 Å². The Morgan fingerprint density at radius 1 is 1.11 bits per heavy atom. The van der Waals surface area contributed by atoms with E-state index in [2.05, 4.69) is 33.8 Å². The van der Waals surface area contributed by atoms with Gasteiger partial charge in [0.1, 0.15) is 0 Å². The fourth-order valence-electron chi connectivity index (χ4n) is 2.78. The third kappa shape index (κ3) is 4.79. The number of carbonyl (C=O) groups is 1. The Balaban J connectivity index is 1.78. The molecule has 3 rings (SSSR count). The zero-order valence-electron chi connectivity index (χ0n) is 16.2. The van der Waals surface area contributed by atoms with Crippen LogP contribution in [0.25, 0.3) is 11.4 Å². The summed E-state index contributed by atoms with van der Waals surface area (Å²) in [4.78, 5) is 11.5. The average molecular weight is 398 g/mol. The van der Waals surface area contributed by atoms with Gasteiger partial charge in [0.05, 0.1) is 25.8 Å². The van der Waals surface area contributed by atoms with Crippen molar-refractivity contribution in [2.75, 3.05) is 20.8 Å². The number of thioether (sulfide) groups is 1. The molecular weight excluding hydrogens is 374 g/mol. The normalized spacial score (nSPS) is 10.8. The van der Waals surface area contributed by atoms with Gasteiger partial charge in [-0.1, -0.05) is 47.7 Å². The highest BCUT2D eigenvalue weighted by Crippen LogP contribution is 2.27. The van der Waals surface area contributed by atoms with Gasteiger partial charge in [0.2, 0.25) is 0 Å². The van der Waals surface area contributed by atoms with E-state index >= 15 is 0 Å². The van der Waals surface area contributed by atoms with Crippen molar-refractivity contribution in [2.24, 2.45) is 0 Å². The number of benzene rings is 2. The summed E-state index contributed by atoms with van der Waals surface area (Å²) >= 11 is 1.61. The molecule has 0 aliphatic carbocycles. The number of hydrogen-bond acceptors (Lipinski definition) is 6. The van der Waals surface area contributed by atoms with Gasteiger partial charge in [0.15, 0.2) is 11.0 Å². The quantitative estimate of drug-likeness (QED) is 0.423. The molecule has 7 heteroatoms. The third-order valence-corrected chi connectivity index (χ3v) is 5.29. The summed E-state index contributed by atoms with van der Waals surface area (Å²) in [6, 6.07) is 15.6. The largest absolute Gasteiger partial charge is 0.465 e. The number of nitrogens with zero attached hydrogens (tertiary/aromatic N) is 3. The fourth-order valence-corrected chi connectivity index (χ4v) is 3.70. The SMILES string of the molecule is COCCn1c(SCc2ccc(C(=O)OC)cc2)nnc1-c1cccc(C)c1. The standard InChI is InChI=1S/C21H23N3O3S/c1-15-5-4-6-18(13-15)19-22-23-21(24(19)11-12-26-2)28-14-16-7-9-17(10-8-16)20(25)27-3/h4-10,13H,11-12,14H2,1-3H3. The molecule has 28 heavy (non-hydrogen) atoms. The molecule has 146 valence electrons. The first-order chi connectivity index (χ1) is 13.6. The van der Waals surface area contributed by atoms with Gasteiger partial charge in [-0.05, 0) is 30.7 Å². The zero-order valence-corrected chi connectivity index (χ0v) is 17.0. The van der Waals surface area contributed by atoms with Crippen LogP contribution in [-0.2, 0) is 21.8 Å². The molecule has 0 spiro atoms. The van der Waals surface area contributed by atoms with Gasteiger partial charge in [0, 0.05) is 18.4 Å². The van der Waals surface area contributed by atoms with Crippen molar-refractivity contribution >= 4 is 17.7 Å². The number of carbonyl (C=O) groups excluding carboxylic acids is 1. The van der Waals surface area contributed by atoms with E-state index in [1.54, 1.807) is 31.0 Å². The summed E-state index contributed by atoms with van der Waals surface area (Å²) in [5, 5.41) is 9.65. The summed E-state index contributed by atoms with van der Waals surface area (Å²) in [6.45, 7) is 3.32. The molecule has 0 saturated carbocycles. The van der Waals surface area contributed by atoms with Crippen LogP contribution in [-0.4, -0.2) is 41.6 Å². The second-order valence-electron chi connectivity index (χ2n) is 6.30. The van der Waals surface area contributed by atoms with E-state index in [1.165, 1.54) is 12.7 Å².